The van der Waals surface area contributed by atoms with E-state index in [1.807, 2.05) is 0 Å². The van der Waals surface area contributed by atoms with Crippen LogP contribution in [-0.4, -0.2) is 52.1 Å². The first kappa shape index (κ1) is 22.9. The molecule has 0 radical (unpaired) electrons. The molecule has 1 amide bonds. The average molecular weight is 412 g/mol. The minimum Gasteiger partial charge on any atom is -0.412 e. The molecule has 30 heavy (non-hydrogen) atoms. The molecule has 0 bridgehead atoms. The van der Waals surface area contributed by atoms with E-state index in [9.17, 15) is 4.79 Å². The lowest BCUT2D eigenvalue weighted by Gasteiger charge is -2.24. The Kier molecular flexibility index (Phi) is 8.36. The van der Waals surface area contributed by atoms with Gasteiger partial charge in [0, 0.05) is 18.8 Å². The zero-order valence-corrected chi connectivity index (χ0v) is 17.1. The number of hydrogen-bond donors (Lipinski definition) is 3. The lowest BCUT2D eigenvalue weighted by molar-refractivity contribution is -0.116. The molecule has 2 aromatic heterocycles. The summed E-state index contributed by atoms with van der Waals surface area (Å²) in [6.07, 6.45) is 13.2. The summed E-state index contributed by atoms with van der Waals surface area (Å²) in [5.41, 5.74) is 6.86. The largest absolute Gasteiger partial charge is 0.412 e. The van der Waals surface area contributed by atoms with Crippen molar-refractivity contribution >= 4 is 29.7 Å². The van der Waals surface area contributed by atoms with E-state index in [-0.39, 0.29) is 23.8 Å². The van der Waals surface area contributed by atoms with Gasteiger partial charge in [-0.05, 0) is 12.1 Å². The molecule has 0 atom stereocenters. The molecule has 1 aliphatic carbocycles. The zero-order chi connectivity index (χ0) is 20.6. The molecule has 0 aromatic carbocycles. The summed E-state index contributed by atoms with van der Waals surface area (Å²) in [5, 5.41) is 10.6. The number of aliphatic imine (C=N–C) groups is 1. The number of fused-ring (bicyclic) bond motifs is 1. The molecule has 10 heteroatoms. The molecule has 10 nitrogen and oxygen atoms in total. The second-order valence-electron chi connectivity index (χ2n) is 6.91. The lowest BCUT2D eigenvalue weighted by Crippen LogP contribution is -2.38. The minimum absolute atomic E-state index is 0. The van der Waals surface area contributed by atoms with E-state index >= 15 is 0 Å². The smallest absolute Gasteiger partial charge is 0.247 e. The number of aromatic nitrogens is 3. The normalized spacial score (nSPS) is 15.4. The second kappa shape index (κ2) is 11.0. The summed E-state index contributed by atoms with van der Waals surface area (Å²) in [7, 11) is 1.66. The Labute approximate surface area is 175 Å². The van der Waals surface area contributed by atoms with E-state index in [0.717, 1.165) is 11.9 Å². The second-order valence-corrected chi connectivity index (χ2v) is 6.91. The van der Waals surface area contributed by atoms with Crippen molar-refractivity contribution in [1.29, 1.82) is 5.41 Å². The van der Waals surface area contributed by atoms with Crippen LogP contribution in [0.1, 0.15) is 44.2 Å². The highest BCUT2D eigenvalue weighted by Gasteiger charge is 2.23. The fourth-order valence-electron chi connectivity index (χ4n) is 3.16. The molecule has 2 aromatic rings. The molecule has 1 fully saturated rings. The van der Waals surface area contributed by atoms with Crippen molar-refractivity contribution in [3.63, 3.8) is 0 Å². The van der Waals surface area contributed by atoms with Crippen molar-refractivity contribution in [2.45, 2.75) is 38.5 Å². The Bertz CT molecular complexity index is 883. The van der Waals surface area contributed by atoms with Crippen LogP contribution in [0.3, 0.4) is 0 Å². The SMILES string of the molecule is C1CCCCC1.CN1C(=O)CNc2ncc(-c3ccc(C(=N)N=CN)nc3)nc21.O. The highest BCUT2D eigenvalue weighted by Crippen LogP contribution is 2.27. The van der Waals surface area contributed by atoms with Gasteiger partial charge in [0.1, 0.15) is 5.69 Å². The summed E-state index contributed by atoms with van der Waals surface area (Å²) in [4.78, 5) is 29.8. The predicted octanol–water partition coefficient (Wildman–Crippen LogP) is 1.76. The van der Waals surface area contributed by atoms with Gasteiger partial charge in [0.15, 0.2) is 17.5 Å². The van der Waals surface area contributed by atoms with Crippen LogP contribution in [0, 0.1) is 5.41 Å². The number of carbonyl (C=O) groups is 1. The van der Waals surface area contributed by atoms with E-state index in [1.54, 1.807) is 31.6 Å². The molecule has 0 unspecified atom stereocenters. The fourth-order valence-corrected chi connectivity index (χ4v) is 3.16. The molecule has 0 spiro atoms. The maximum absolute atomic E-state index is 11.7. The average Bonchev–Trinajstić information content (AvgIpc) is 2.78. The Morgan fingerprint density at radius 3 is 2.40 bits per heavy atom. The lowest BCUT2D eigenvalue weighted by atomic mass is 10.0. The molecule has 6 N–H and O–H groups in total. The first-order valence-corrected chi connectivity index (χ1v) is 9.77. The highest BCUT2D eigenvalue weighted by atomic mass is 16.2. The number of anilines is 2. The number of hydrogen-bond acceptors (Lipinski definition) is 6. The molecule has 2 aliphatic rings. The van der Waals surface area contributed by atoms with Crippen LogP contribution in [0.4, 0.5) is 11.6 Å². The third kappa shape index (κ3) is 5.57. The number of carbonyl (C=O) groups excluding carboxylic acids is 1. The van der Waals surface area contributed by atoms with Crippen LogP contribution in [0.15, 0.2) is 29.5 Å². The number of pyridine rings is 1. The zero-order valence-electron chi connectivity index (χ0n) is 17.1. The third-order valence-corrected chi connectivity index (χ3v) is 4.86. The summed E-state index contributed by atoms with van der Waals surface area (Å²) >= 11 is 0. The number of nitrogens with zero attached hydrogens (tertiary/aromatic N) is 5. The predicted molar refractivity (Wildman–Crippen MR) is 118 cm³/mol. The number of nitrogens with one attached hydrogen (secondary N) is 2. The van der Waals surface area contributed by atoms with Crippen molar-refractivity contribution in [1.82, 2.24) is 15.0 Å². The monoisotopic (exact) mass is 412 g/mol. The van der Waals surface area contributed by atoms with E-state index in [4.69, 9.17) is 11.1 Å². The van der Waals surface area contributed by atoms with Crippen LogP contribution in [0.2, 0.25) is 0 Å². The molecule has 4 rings (SSSR count). The first-order valence-electron chi connectivity index (χ1n) is 9.77. The molecule has 160 valence electrons. The summed E-state index contributed by atoms with van der Waals surface area (Å²) in [5.74, 6) is 0.943. The van der Waals surface area contributed by atoms with Crippen LogP contribution in [-0.2, 0) is 4.79 Å². The Morgan fingerprint density at radius 1 is 1.17 bits per heavy atom. The molecule has 1 aliphatic heterocycles. The third-order valence-electron chi connectivity index (χ3n) is 4.86. The molecule has 3 heterocycles. The summed E-state index contributed by atoms with van der Waals surface area (Å²) in [6, 6.07) is 3.41. The highest BCUT2D eigenvalue weighted by molar-refractivity contribution is 6.00. The van der Waals surface area contributed by atoms with Gasteiger partial charge < -0.3 is 16.5 Å². The molecule has 1 saturated carbocycles. The molecular weight excluding hydrogens is 384 g/mol. The van der Waals surface area contributed by atoms with E-state index in [2.05, 4.69) is 25.3 Å². The Hall–Kier alpha value is -3.40. The quantitative estimate of drug-likeness (QED) is 0.502. The van der Waals surface area contributed by atoms with Crippen molar-refractivity contribution in [3.8, 4) is 11.3 Å². The van der Waals surface area contributed by atoms with E-state index < -0.39 is 0 Å². The maximum Gasteiger partial charge on any atom is 0.247 e. The fraction of sp³-hybridized carbons (Fsp3) is 0.400. The van der Waals surface area contributed by atoms with Gasteiger partial charge in [0.05, 0.1) is 24.8 Å². The topological polar surface area (TPSA) is 165 Å². The van der Waals surface area contributed by atoms with Gasteiger partial charge in [0.2, 0.25) is 5.91 Å². The molecular formula is C20H28N8O2. The van der Waals surface area contributed by atoms with Crippen LogP contribution in [0.5, 0.6) is 0 Å². The summed E-state index contributed by atoms with van der Waals surface area (Å²) < 4.78 is 0. The number of amides is 1. The Balaban J connectivity index is 0.000000395. The Morgan fingerprint density at radius 2 is 1.83 bits per heavy atom. The molecule has 0 saturated heterocycles. The van der Waals surface area contributed by atoms with Crippen LogP contribution < -0.4 is 16.0 Å². The minimum atomic E-state index is -0.0782. The van der Waals surface area contributed by atoms with Gasteiger partial charge in [-0.15, -0.1) is 0 Å². The standard InChI is InChI=1S/C14H14N8O.C6H12.H2O/c1-22-11(23)6-19-13-14(22)21-10(5-18-13)8-2-3-9(17-4-8)12(16)20-7-15;1-2-4-6-5-3-1;/h2-5,7H,6H2,1H3,(H,18,19)(H3,15,16,20);1-6H2;1H2. The van der Waals surface area contributed by atoms with Crippen LogP contribution >= 0.6 is 0 Å². The maximum atomic E-state index is 11.7. The van der Waals surface area contributed by atoms with Crippen molar-refractivity contribution < 1.29 is 10.3 Å². The van der Waals surface area contributed by atoms with Gasteiger partial charge in [0.25, 0.3) is 0 Å². The van der Waals surface area contributed by atoms with Gasteiger partial charge >= 0.3 is 0 Å². The number of rotatable bonds is 2. The van der Waals surface area contributed by atoms with E-state index in [0.29, 0.717) is 23.0 Å². The first-order chi connectivity index (χ1) is 14.1. The van der Waals surface area contributed by atoms with Crippen molar-refractivity contribution in [2.75, 3.05) is 23.8 Å². The van der Waals surface area contributed by atoms with Crippen LogP contribution in [0.25, 0.3) is 11.3 Å². The number of nitrogens with two attached hydrogens (primary N) is 1. The van der Waals surface area contributed by atoms with Gasteiger partial charge in [-0.2, -0.15) is 0 Å². The van der Waals surface area contributed by atoms with E-state index in [1.165, 1.54) is 43.4 Å². The van der Waals surface area contributed by atoms with Crippen molar-refractivity contribution in [3.05, 3.63) is 30.2 Å². The number of amidine groups is 1. The van der Waals surface area contributed by atoms with Gasteiger partial charge in [-0.3, -0.25) is 20.1 Å². The van der Waals surface area contributed by atoms with Gasteiger partial charge in [-0.25, -0.2) is 15.0 Å². The van der Waals surface area contributed by atoms with Gasteiger partial charge in [-0.1, -0.05) is 38.5 Å². The number of likely N-dealkylation sites (N-methyl/N-ethyl adjacent to an activating group) is 1. The summed E-state index contributed by atoms with van der Waals surface area (Å²) in [6.45, 7) is 0.206. The van der Waals surface area contributed by atoms with Crippen molar-refractivity contribution in [2.24, 2.45) is 10.7 Å².